The van der Waals surface area contributed by atoms with E-state index in [1.54, 1.807) is 18.2 Å². The zero-order valence-electron chi connectivity index (χ0n) is 14.6. The average molecular weight is 432 g/mol. The van der Waals surface area contributed by atoms with Crippen molar-refractivity contribution in [3.05, 3.63) is 63.1 Å². The molecule has 0 spiro atoms. The van der Waals surface area contributed by atoms with Crippen molar-refractivity contribution in [2.75, 3.05) is 5.32 Å². The number of halogens is 5. The molecule has 0 bridgehead atoms. The highest BCUT2D eigenvalue weighted by molar-refractivity contribution is 6.35. The Labute approximate surface area is 170 Å². The zero-order valence-corrected chi connectivity index (χ0v) is 16.1. The Kier molecular flexibility index (Phi) is 7.15. The van der Waals surface area contributed by atoms with Gasteiger partial charge in [-0.3, -0.25) is 0 Å². The average Bonchev–Trinajstić information content (AvgIpc) is 2.64. The minimum atomic E-state index is -4.51. The fraction of sp³-hybridized carbons (Fsp3) is 0.222. The van der Waals surface area contributed by atoms with E-state index in [2.05, 4.69) is 10.4 Å². The van der Waals surface area contributed by atoms with Gasteiger partial charge in [0.2, 0.25) is 0 Å². The summed E-state index contributed by atoms with van der Waals surface area (Å²) in [5, 5.41) is 15.3. The molecule has 0 aliphatic carbocycles. The molecule has 5 nitrogen and oxygen atoms in total. The Morgan fingerprint density at radius 3 is 2.43 bits per heavy atom. The largest absolute Gasteiger partial charge is 0.416 e. The molecular formula is C18H18Cl2F3N5. The fourth-order valence-corrected chi connectivity index (χ4v) is 2.91. The Hall–Kier alpha value is -2.45. The Morgan fingerprint density at radius 1 is 1.11 bits per heavy atom. The van der Waals surface area contributed by atoms with Gasteiger partial charge in [-0.25, -0.2) is 0 Å². The molecule has 10 heteroatoms. The van der Waals surface area contributed by atoms with E-state index in [1.807, 2.05) is 0 Å². The molecule has 0 aliphatic heterocycles. The lowest BCUT2D eigenvalue weighted by atomic mass is 10.0. The molecule has 0 saturated carbocycles. The van der Waals surface area contributed by atoms with Gasteiger partial charge in [-0.1, -0.05) is 35.3 Å². The third-order valence-electron chi connectivity index (χ3n) is 3.95. The number of hydrazone groups is 1. The lowest BCUT2D eigenvalue weighted by Crippen LogP contribution is -2.17. The molecule has 28 heavy (non-hydrogen) atoms. The summed E-state index contributed by atoms with van der Waals surface area (Å²) in [5.74, 6) is 5.22. The van der Waals surface area contributed by atoms with Gasteiger partial charge < -0.3 is 22.3 Å². The van der Waals surface area contributed by atoms with E-state index >= 15 is 0 Å². The predicted octanol–water partition coefficient (Wildman–Crippen LogP) is 5.00. The number of nitrogens with two attached hydrogens (primary N) is 2. The van der Waals surface area contributed by atoms with E-state index in [9.17, 15) is 13.2 Å². The Bertz CT molecular complexity index is 897. The van der Waals surface area contributed by atoms with Gasteiger partial charge in [-0.2, -0.15) is 18.3 Å². The lowest BCUT2D eigenvalue weighted by molar-refractivity contribution is -0.137. The number of hydrogen-bond donors (Lipinski definition) is 4. The molecule has 0 heterocycles. The van der Waals surface area contributed by atoms with Gasteiger partial charge in [0.15, 0.2) is 0 Å². The van der Waals surface area contributed by atoms with Crippen LogP contribution in [0.15, 0.2) is 41.5 Å². The number of alkyl halides is 3. The number of hydrogen-bond acceptors (Lipinski definition) is 4. The molecule has 2 aromatic carbocycles. The van der Waals surface area contributed by atoms with Crippen molar-refractivity contribution in [1.82, 2.24) is 0 Å². The summed E-state index contributed by atoms with van der Waals surface area (Å²) in [4.78, 5) is 0. The van der Waals surface area contributed by atoms with Gasteiger partial charge in [-0.15, -0.1) is 0 Å². The summed E-state index contributed by atoms with van der Waals surface area (Å²) in [6.07, 6.45) is -4.11. The number of anilines is 1. The second-order valence-corrected chi connectivity index (χ2v) is 6.79. The zero-order chi connectivity index (χ0) is 20.9. The summed E-state index contributed by atoms with van der Waals surface area (Å²) < 4.78 is 39.3. The monoisotopic (exact) mass is 431 g/mol. The molecule has 0 aliphatic rings. The van der Waals surface area contributed by atoms with Crippen LogP contribution in [0.1, 0.15) is 29.5 Å². The highest BCUT2D eigenvalue weighted by Gasteiger charge is 2.31. The van der Waals surface area contributed by atoms with Gasteiger partial charge in [0, 0.05) is 40.0 Å². The van der Waals surface area contributed by atoms with E-state index in [-0.39, 0.29) is 36.6 Å². The Morgan fingerprint density at radius 2 is 1.82 bits per heavy atom. The lowest BCUT2D eigenvalue weighted by Gasteiger charge is -2.16. The van der Waals surface area contributed by atoms with Gasteiger partial charge in [0.05, 0.1) is 5.56 Å². The smallest absolute Gasteiger partial charge is 0.386 e. The van der Waals surface area contributed by atoms with E-state index in [0.717, 1.165) is 12.1 Å². The van der Waals surface area contributed by atoms with Crippen molar-refractivity contribution in [2.24, 2.45) is 16.7 Å². The topological polar surface area (TPSA) is 100 Å². The van der Waals surface area contributed by atoms with Crippen molar-refractivity contribution in [3.8, 4) is 0 Å². The number of nitrogens with zero attached hydrogens (tertiary/aromatic N) is 1. The molecular weight excluding hydrogens is 414 g/mol. The van der Waals surface area contributed by atoms with Crippen molar-refractivity contribution >= 4 is 40.4 Å². The van der Waals surface area contributed by atoms with E-state index in [1.165, 1.54) is 6.07 Å². The highest BCUT2D eigenvalue weighted by atomic mass is 35.5. The van der Waals surface area contributed by atoms with Gasteiger partial charge >= 0.3 is 6.18 Å². The van der Waals surface area contributed by atoms with Crippen LogP contribution in [0.5, 0.6) is 0 Å². The van der Waals surface area contributed by atoms with Gasteiger partial charge in [-0.05, 0) is 36.2 Å². The molecule has 0 radical (unpaired) electrons. The fourth-order valence-electron chi connectivity index (χ4n) is 2.44. The molecule has 6 N–H and O–H groups in total. The van der Waals surface area contributed by atoms with Crippen LogP contribution >= 0.6 is 23.2 Å². The first-order chi connectivity index (χ1) is 13.1. The molecule has 2 rings (SSSR count). The summed E-state index contributed by atoms with van der Waals surface area (Å²) >= 11 is 12.0. The maximum atomic E-state index is 13.1. The molecule has 0 fully saturated rings. The molecule has 0 aromatic heterocycles. The summed E-state index contributed by atoms with van der Waals surface area (Å²) in [6.45, 7) is 0.157. The molecule has 0 amide bonds. The van der Waals surface area contributed by atoms with Crippen molar-refractivity contribution in [2.45, 2.75) is 25.6 Å². The maximum Gasteiger partial charge on any atom is 0.416 e. The molecule has 2 aromatic rings. The van der Waals surface area contributed by atoms with Crippen LogP contribution < -0.4 is 16.9 Å². The first-order valence-corrected chi connectivity index (χ1v) is 8.86. The summed E-state index contributed by atoms with van der Waals surface area (Å²) in [6, 6.07) is 8.01. The second kappa shape index (κ2) is 9.16. The van der Waals surface area contributed by atoms with Crippen LogP contribution in [-0.4, -0.2) is 11.5 Å². The minimum Gasteiger partial charge on any atom is -0.386 e. The van der Waals surface area contributed by atoms with Gasteiger partial charge in [0.1, 0.15) is 5.84 Å². The molecule has 0 unspecified atom stereocenters. The molecule has 0 saturated heterocycles. The standard InChI is InChI=1S/C18H18Cl2F3N5/c19-12-3-1-10(14(20)8-12)9-27-16-7-11(18(21,22)23)2-4-13(16)15(24)5-6-17(25)28-26/h1-4,7-8,24,27H,5-6,9,26H2,(H2,25,28). The maximum absolute atomic E-state index is 13.1. The number of benzene rings is 2. The van der Waals surface area contributed by atoms with Crippen LogP contribution in [0.25, 0.3) is 0 Å². The first-order valence-electron chi connectivity index (χ1n) is 8.11. The molecule has 150 valence electrons. The second-order valence-electron chi connectivity index (χ2n) is 5.95. The normalized spacial score (nSPS) is 12.1. The summed E-state index contributed by atoms with van der Waals surface area (Å²) in [5.41, 5.74) is 5.94. The van der Waals surface area contributed by atoms with Crippen molar-refractivity contribution in [3.63, 3.8) is 0 Å². The summed E-state index contributed by atoms with van der Waals surface area (Å²) in [7, 11) is 0. The van der Waals surface area contributed by atoms with Crippen LogP contribution in [0.4, 0.5) is 18.9 Å². The number of amidine groups is 1. The number of rotatable bonds is 7. The molecule has 0 atom stereocenters. The van der Waals surface area contributed by atoms with Gasteiger partial charge in [0.25, 0.3) is 0 Å². The van der Waals surface area contributed by atoms with Crippen LogP contribution in [0.3, 0.4) is 0 Å². The Balaban J connectivity index is 2.30. The van der Waals surface area contributed by atoms with E-state index < -0.39 is 11.7 Å². The van der Waals surface area contributed by atoms with Crippen molar-refractivity contribution < 1.29 is 13.2 Å². The van der Waals surface area contributed by atoms with Crippen LogP contribution in [0, 0.1) is 5.41 Å². The number of nitrogens with one attached hydrogen (secondary N) is 2. The quantitative estimate of drug-likeness (QED) is 0.214. The third kappa shape index (κ3) is 5.77. The van der Waals surface area contributed by atoms with Crippen molar-refractivity contribution in [1.29, 1.82) is 5.41 Å². The van der Waals surface area contributed by atoms with E-state index in [4.69, 9.17) is 40.2 Å². The van der Waals surface area contributed by atoms with E-state index in [0.29, 0.717) is 21.2 Å². The predicted molar refractivity (Wildman–Crippen MR) is 107 cm³/mol. The SMILES string of the molecule is N=C(CC/C(N)=N/N)c1ccc(C(F)(F)F)cc1NCc1ccc(Cl)cc1Cl. The minimum absolute atomic E-state index is 0.102. The van der Waals surface area contributed by atoms with Crippen LogP contribution in [-0.2, 0) is 12.7 Å². The third-order valence-corrected chi connectivity index (χ3v) is 4.54. The van der Waals surface area contributed by atoms with Crippen LogP contribution in [0.2, 0.25) is 10.0 Å². The highest BCUT2D eigenvalue weighted by Crippen LogP contribution is 2.33. The first kappa shape index (κ1) is 21.8.